The molecule has 0 spiro atoms. The number of hydrogen-bond donors (Lipinski definition) is 0. The molecule has 1 unspecified atom stereocenters. The first-order valence-electron chi connectivity index (χ1n) is 5.18. The van der Waals surface area contributed by atoms with Crippen LogP contribution in [0.3, 0.4) is 0 Å². The molecule has 1 atom stereocenters. The third-order valence-corrected chi connectivity index (χ3v) is 4.36. The van der Waals surface area contributed by atoms with E-state index < -0.39 is 10.8 Å². The molecule has 1 aromatic heterocycles. The summed E-state index contributed by atoms with van der Waals surface area (Å²) in [6.07, 6.45) is 1.58. The van der Waals surface area contributed by atoms with Gasteiger partial charge in [0, 0.05) is 33.5 Å². The molecular weight excluding hydrogens is 293 g/mol. The van der Waals surface area contributed by atoms with E-state index >= 15 is 0 Å². The van der Waals surface area contributed by atoms with Gasteiger partial charge in [0.2, 0.25) is 0 Å². The number of rotatable bonds is 4. The van der Waals surface area contributed by atoms with E-state index in [1.54, 1.807) is 29.1 Å². The lowest BCUT2D eigenvalue weighted by atomic mass is 10.2. The minimum Gasteiger partial charge on any atom is -0.320 e. The molecule has 1 aromatic carbocycles. The van der Waals surface area contributed by atoms with Crippen LogP contribution in [0.5, 0.6) is 0 Å². The van der Waals surface area contributed by atoms with Crippen LogP contribution in [-0.4, -0.2) is 19.0 Å². The molecular formula is C11H11Cl2N3OS. The number of hydrogen-bond acceptors (Lipinski definition) is 3. The maximum atomic E-state index is 12.0. The van der Waals surface area contributed by atoms with Crippen LogP contribution in [0.2, 0.25) is 10.0 Å². The van der Waals surface area contributed by atoms with Gasteiger partial charge in [0.05, 0.1) is 11.5 Å². The molecule has 0 saturated heterocycles. The number of aryl methyl sites for hydroxylation is 1. The number of aromatic nitrogens is 3. The Morgan fingerprint density at radius 1 is 1.28 bits per heavy atom. The lowest BCUT2D eigenvalue weighted by Gasteiger charge is -2.06. The van der Waals surface area contributed by atoms with Gasteiger partial charge in [0.1, 0.15) is 12.2 Å². The Labute approximate surface area is 117 Å². The minimum absolute atomic E-state index is 0.311. The van der Waals surface area contributed by atoms with Crippen LogP contribution in [0, 0.1) is 0 Å². The monoisotopic (exact) mass is 303 g/mol. The SMILES string of the molecule is Cn1cnnc1CS(=O)Cc1c(Cl)cccc1Cl. The summed E-state index contributed by atoms with van der Waals surface area (Å²) in [5.74, 6) is 1.32. The normalized spacial score (nSPS) is 12.6. The van der Waals surface area contributed by atoms with Crippen molar-refractivity contribution < 1.29 is 4.21 Å². The Kier molecular flexibility index (Phi) is 4.37. The number of benzene rings is 1. The molecule has 7 heteroatoms. The Balaban J connectivity index is 2.10. The molecule has 0 aliphatic carbocycles. The standard InChI is InChI=1S/C11H11Cl2N3OS/c1-16-7-14-15-11(16)6-18(17)5-8-9(12)3-2-4-10(8)13/h2-4,7H,5-6H2,1H3. The van der Waals surface area contributed by atoms with E-state index in [9.17, 15) is 4.21 Å². The maximum absolute atomic E-state index is 12.0. The highest BCUT2D eigenvalue weighted by Crippen LogP contribution is 2.25. The van der Waals surface area contributed by atoms with Crippen LogP contribution in [0.15, 0.2) is 24.5 Å². The van der Waals surface area contributed by atoms with Gasteiger partial charge in [-0.3, -0.25) is 4.21 Å². The first-order chi connectivity index (χ1) is 8.58. The predicted octanol–water partition coefficient (Wildman–Crippen LogP) is 2.57. The summed E-state index contributed by atoms with van der Waals surface area (Å²) in [5.41, 5.74) is 0.710. The van der Waals surface area contributed by atoms with Crippen molar-refractivity contribution in [3.8, 4) is 0 Å². The Morgan fingerprint density at radius 3 is 2.50 bits per heavy atom. The molecule has 2 rings (SSSR count). The quantitative estimate of drug-likeness (QED) is 0.872. The molecule has 96 valence electrons. The molecule has 0 N–H and O–H groups in total. The van der Waals surface area contributed by atoms with Gasteiger partial charge in [0.15, 0.2) is 0 Å². The van der Waals surface area contributed by atoms with E-state index in [0.717, 1.165) is 0 Å². The third-order valence-electron chi connectivity index (χ3n) is 2.46. The Hall–Kier alpha value is -0.910. The molecule has 0 radical (unpaired) electrons. The first kappa shape index (κ1) is 13.5. The second kappa shape index (κ2) is 5.82. The van der Waals surface area contributed by atoms with Crippen molar-refractivity contribution in [3.63, 3.8) is 0 Å². The molecule has 0 aliphatic rings. The summed E-state index contributed by atoms with van der Waals surface area (Å²) in [7, 11) is 0.691. The third kappa shape index (κ3) is 3.10. The fourth-order valence-electron chi connectivity index (χ4n) is 1.46. The molecule has 0 fully saturated rings. The van der Waals surface area contributed by atoms with E-state index in [2.05, 4.69) is 10.2 Å². The molecule has 0 saturated carbocycles. The van der Waals surface area contributed by atoms with Crippen molar-refractivity contribution in [1.29, 1.82) is 0 Å². The smallest absolute Gasteiger partial charge is 0.145 e. The summed E-state index contributed by atoms with van der Waals surface area (Å²) in [5, 5.41) is 8.71. The maximum Gasteiger partial charge on any atom is 0.145 e. The van der Waals surface area contributed by atoms with Crippen molar-refractivity contribution in [2.24, 2.45) is 7.05 Å². The zero-order chi connectivity index (χ0) is 13.1. The summed E-state index contributed by atoms with van der Waals surface area (Å²) in [6, 6.07) is 5.24. The van der Waals surface area contributed by atoms with E-state index in [4.69, 9.17) is 23.2 Å². The Morgan fingerprint density at radius 2 is 1.94 bits per heavy atom. The van der Waals surface area contributed by atoms with Crippen molar-refractivity contribution in [3.05, 3.63) is 46.0 Å². The molecule has 18 heavy (non-hydrogen) atoms. The van der Waals surface area contributed by atoms with Gasteiger partial charge in [-0.2, -0.15) is 0 Å². The zero-order valence-corrected chi connectivity index (χ0v) is 12.0. The van der Waals surface area contributed by atoms with Crippen molar-refractivity contribution in [2.45, 2.75) is 11.5 Å². The summed E-state index contributed by atoms with van der Waals surface area (Å²) < 4.78 is 13.8. The molecule has 0 amide bonds. The highest BCUT2D eigenvalue weighted by Gasteiger charge is 2.12. The zero-order valence-electron chi connectivity index (χ0n) is 9.64. The van der Waals surface area contributed by atoms with Crippen LogP contribution in [-0.2, 0) is 29.4 Å². The van der Waals surface area contributed by atoms with Gasteiger partial charge in [-0.15, -0.1) is 10.2 Å². The highest BCUT2D eigenvalue weighted by atomic mass is 35.5. The van der Waals surface area contributed by atoms with Crippen LogP contribution in [0.1, 0.15) is 11.4 Å². The van der Waals surface area contributed by atoms with Gasteiger partial charge in [-0.25, -0.2) is 0 Å². The molecule has 2 aromatic rings. The van der Waals surface area contributed by atoms with Gasteiger partial charge in [-0.1, -0.05) is 29.3 Å². The molecule has 4 nitrogen and oxygen atoms in total. The number of halogens is 2. The van der Waals surface area contributed by atoms with Crippen LogP contribution < -0.4 is 0 Å². The summed E-state index contributed by atoms with van der Waals surface area (Å²) >= 11 is 12.1. The highest BCUT2D eigenvalue weighted by molar-refractivity contribution is 7.83. The Bertz CT molecular complexity index is 565. The fourth-order valence-corrected chi connectivity index (χ4v) is 3.44. The topological polar surface area (TPSA) is 47.8 Å². The second-order valence-corrected chi connectivity index (χ2v) is 6.06. The largest absolute Gasteiger partial charge is 0.320 e. The van der Waals surface area contributed by atoms with Gasteiger partial charge in [0.25, 0.3) is 0 Å². The number of nitrogens with zero attached hydrogens (tertiary/aromatic N) is 3. The molecule has 1 heterocycles. The van der Waals surface area contributed by atoms with Gasteiger partial charge < -0.3 is 4.57 Å². The van der Waals surface area contributed by atoms with Crippen LogP contribution in [0.25, 0.3) is 0 Å². The van der Waals surface area contributed by atoms with E-state index in [-0.39, 0.29) is 0 Å². The average Bonchev–Trinajstić information content (AvgIpc) is 2.70. The van der Waals surface area contributed by atoms with E-state index in [1.165, 1.54) is 0 Å². The average molecular weight is 304 g/mol. The van der Waals surface area contributed by atoms with Crippen LogP contribution in [0.4, 0.5) is 0 Å². The van der Waals surface area contributed by atoms with Crippen LogP contribution >= 0.6 is 23.2 Å². The van der Waals surface area contributed by atoms with E-state index in [0.29, 0.717) is 32.9 Å². The summed E-state index contributed by atoms with van der Waals surface area (Å²) in [6.45, 7) is 0. The lowest BCUT2D eigenvalue weighted by Crippen LogP contribution is -2.05. The lowest BCUT2D eigenvalue weighted by molar-refractivity contribution is 0.679. The molecule has 0 bridgehead atoms. The van der Waals surface area contributed by atoms with Crippen molar-refractivity contribution >= 4 is 34.0 Å². The molecule has 0 aliphatic heterocycles. The fraction of sp³-hybridized carbons (Fsp3) is 0.273. The predicted molar refractivity (Wildman–Crippen MR) is 73.0 cm³/mol. The van der Waals surface area contributed by atoms with Gasteiger partial charge >= 0.3 is 0 Å². The van der Waals surface area contributed by atoms with E-state index in [1.807, 2.05) is 7.05 Å². The van der Waals surface area contributed by atoms with Crippen molar-refractivity contribution in [1.82, 2.24) is 14.8 Å². The first-order valence-corrected chi connectivity index (χ1v) is 7.43. The van der Waals surface area contributed by atoms with Crippen molar-refractivity contribution in [2.75, 3.05) is 0 Å². The minimum atomic E-state index is -1.12. The van der Waals surface area contributed by atoms with Gasteiger partial charge in [-0.05, 0) is 12.1 Å². The second-order valence-electron chi connectivity index (χ2n) is 3.79. The summed E-state index contributed by atoms with van der Waals surface area (Å²) in [4.78, 5) is 0.